The summed E-state index contributed by atoms with van der Waals surface area (Å²) in [6.45, 7) is 2.31. The number of nitrogens with two attached hydrogens (primary N) is 1. The lowest BCUT2D eigenvalue weighted by Crippen LogP contribution is -2.43. The number of carbonyl (C=O) groups excluding carboxylic acids is 1. The lowest BCUT2D eigenvalue weighted by atomic mass is 10.1. The van der Waals surface area contributed by atoms with Gasteiger partial charge in [-0.25, -0.2) is 4.79 Å². The van der Waals surface area contributed by atoms with Gasteiger partial charge in [0.2, 0.25) is 5.91 Å². The number of hydrogen-bond acceptors (Lipinski definition) is 4. The SMILES string of the molecule is C[C@@H](CCS)C(=O)N[C@@H](CCCCN)C(=O)O. The van der Waals surface area contributed by atoms with Crippen LogP contribution in [-0.2, 0) is 9.59 Å². The van der Waals surface area contributed by atoms with Gasteiger partial charge in [0.05, 0.1) is 0 Å². The number of amides is 1. The molecule has 0 aliphatic rings. The van der Waals surface area contributed by atoms with Crippen molar-refractivity contribution in [1.82, 2.24) is 5.32 Å². The van der Waals surface area contributed by atoms with Crippen LogP contribution < -0.4 is 11.1 Å². The second-order valence-corrected chi connectivity index (χ2v) is 4.54. The minimum atomic E-state index is -0.992. The van der Waals surface area contributed by atoms with Gasteiger partial charge in [-0.15, -0.1) is 0 Å². The first kappa shape index (κ1) is 16.2. The van der Waals surface area contributed by atoms with Crippen LogP contribution in [0.5, 0.6) is 0 Å². The molecule has 0 saturated heterocycles. The van der Waals surface area contributed by atoms with Crippen LogP contribution in [0.3, 0.4) is 0 Å². The van der Waals surface area contributed by atoms with Crippen molar-refractivity contribution < 1.29 is 14.7 Å². The van der Waals surface area contributed by atoms with Crippen molar-refractivity contribution in [2.75, 3.05) is 12.3 Å². The zero-order valence-corrected chi connectivity index (χ0v) is 11.1. The normalized spacial score (nSPS) is 14.1. The molecular weight excluding hydrogens is 240 g/mol. The summed E-state index contributed by atoms with van der Waals surface area (Å²) < 4.78 is 0. The second kappa shape index (κ2) is 9.30. The summed E-state index contributed by atoms with van der Waals surface area (Å²) >= 11 is 4.04. The van der Waals surface area contributed by atoms with Crippen molar-refractivity contribution in [3.63, 3.8) is 0 Å². The van der Waals surface area contributed by atoms with E-state index in [4.69, 9.17) is 10.8 Å². The first-order valence-corrected chi connectivity index (χ1v) is 6.50. The van der Waals surface area contributed by atoms with Crippen LogP contribution in [-0.4, -0.2) is 35.3 Å². The van der Waals surface area contributed by atoms with E-state index in [-0.39, 0.29) is 11.8 Å². The van der Waals surface area contributed by atoms with E-state index in [9.17, 15) is 9.59 Å². The highest BCUT2D eigenvalue weighted by molar-refractivity contribution is 7.80. The number of unbranched alkanes of at least 4 members (excludes halogenated alkanes) is 1. The maximum atomic E-state index is 11.6. The van der Waals surface area contributed by atoms with Gasteiger partial charge in [-0.1, -0.05) is 6.92 Å². The van der Waals surface area contributed by atoms with Crippen molar-refractivity contribution in [3.8, 4) is 0 Å². The molecule has 6 heteroatoms. The van der Waals surface area contributed by atoms with Crippen LogP contribution in [0.15, 0.2) is 0 Å². The smallest absolute Gasteiger partial charge is 0.326 e. The van der Waals surface area contributed by atoms with Gasteiger partial charge in [0.25, 0.3) is 0 Å². The Kier molecular flexibility index (Phi) is 8.89. The fourth-order valence-corrected chi connectivity index (χ4v) is 1.78. The molecule has 1 amide bonds. The maximum absolute atomic E-state index is 11.6. The fourth-order valence-electron chi connectivity index (χ4n) is 1.39. The molecule has 0 aromatic rings. The van der Waals surface area contributed by atoms with Gasteiger partial charge in [0.15, 0.2) is 0 Å². The molecule has 0 aliphatic heterocycles. The molecule has 0 aromatic heterocycles. The maximum Gasteiger partial charge on any atom is 0.326 e. The first-order chi connectivity index (χ1) is 8.02. The fraction of sp³-hybridized carbons (Fsp3) is 0.818. The second-order valence-electron chi connectivity index (χ2n) is 4.10. The third-order valence-corrected chi connectivity index (χ3v) is 2.83. The zero-order valence-electron chi connectivity index (χ0n) is 10.2. The molecule has 0 aliphatic carbocycles. The average molecular weight is 262 g/mol. The van der Waals surface area contributed by atoms with Gasteiger partial charge in [-0.2, -0.15) is 12.6 Å². The lowest BCUT2D eigenvalue weighted by Gasteiger charge is -2.17. The van der Waals surface area contributed by atoms with Gasteiger partial charge in [0.1, 0.15) is 6.04 Å². The summed E-state index contributed by atoms with van der Waals surface area (Å²) in [6, 6.07) is -0.809. The van der Waals surface area contributed by atoms with E-state index in [0.29, 0.717) is 31.6 Å². The van der Waals surface area contributed by atoms with Crippen molar-refractivity contribution in [1.29, 1.82) is 0 Å². The molecular formula is C11H22N2O3S. The molecule has 0 heterocycles. The van der Waals surface area contributed by atoms with Gasteiger partial charge < -0.3 is 16.2 Å². The topological polar surface area (TPSA) is 92.4 Å². The number of rotatable bonds is 9. The van der Waals surface area contributed by atoms with E-state index in [0.717, 1.165) is 6.42 Å². The Balaban J connectivity index is 4.15. The number of hydrogen-bond donors (Lipinski definition) is 4. The number of aliphatic carboxylic acids is 1. The molecule has 0 rings (SSSR count). The Morgan fingerprint density at radius 1 is 1.35 bits per heavy atom. The first-order valence-electron chi connectivity index (χ1n) is 5.87. The quantitative estimate of drug-likeness (QED) is 0.362. The van der Waals surface area contributed by atoms with Crippen LogP contribution in [0.25, 0.3) is 0 Å². The summed E-state index contributed by atoms with van der Waals surface area (Å²) in [6.07, 6.45) is 2.54. The third kappa shape index (κ3) is 7.23. The van der Waals surface area contributed by atoms with E-state index in [1.807, 2.05) is 0 Å². The van der Waals surface area contributed by atoms with Crippen molar-refractivity contribution in [2.24, 2.45) is 11.7 Å². The number of carboxylic acids is 1. The Hall–Kier alpha value is -0.750. The van der Waals surface area contributed by atoms with Gasteiger partial charge >= 0.3 is 5.97 Å². The molecule has 0 saturated carbocycles. The molecule has 5 nitrogen and oxygen atoms in total. The predicted molar refractivity (Wildman–Crippen MR) is 70.1 cm³/mol. The molecule has 0 spiro atoms. The molecule has 0 unspecified atom stereocenters. The molecule has 17 heavy (non-hydrogen) atoms. The Bertz CT molecular complexity index is 249. The van der Waals surface area contributed by atoms with Gasteiger partial charge in [0, 0.05) is 5.92 Å². The van der Waals surface area contributed by atoms with Crippen LogP contribution in [0.2, 0.25) is 0 Å². The summed E-state index contributed by atoms with van der Waals surface area (Å²) in [5.74, 6) is -0.809. The highest BCUT2D eigenvalue weighted by atomic mass is 32.1. The third-order valence-electron chi connectivity index (χ3n) is 2.57. The van der Waals surface area contributed by atoms with Gasteiger partial charge in [-0.3, -0.25) is 4.79 Å². The summed E-state index contributed by atoms with van der Waals surface area (Å²) in [5, 5.41) is 11.5. The summed E-state index contributed by atoms with van der Waals surface area (Å²) in [4.78, 5) is 22.6. The van der Waals surface area contributed by atoms with Crippen molar-refractivity contribution in [3.05, 3.63) is 0 Å². The van der Waals surface area contributed by atoms with Crippen molar-refractivity contribution >= 4 is 24.5 Å². The summed E-state index contributed by atoms with van der Waals surface area (Å²) in [7, 11) is 0. The Morgan fingerprint density at radius 2 is 2.00 bits per heavy atom. The Labute approximate surface area is 108 Å². The standard InChI is InChI=1S/C11H22N2O3S/c1-8(5-7-17)10(14)13-9(11(15)16)4-2-3-6-12/h8-9,17H,2-7,12H2,1H3,(H,13,14)(H,15,16)/t8-,9-/m0/s1. The molecule has 100 valence electrons. The molecule has 0 bridgehead atoms. The lowest BCUT2D eigenvalue weighted by molar-refractivity contribution is -0.142. The number of carboxylic acid groups (broad SMARTS) is 1. The molecule has 0 fully saturated rings. The monoisotopic (exact) mass is 262 g/mol. The summed E-state index contributed by atoms with van der Waals surface area (Å²) in [5.41, 5.74) is 5.34. The van der Waals surface area contributed by atoms with Gasteiger partial charge in [-0.05, 0) is 38.0 Å². The van der Waals surface area contributed by atoms with E-state index in [1.165, 1.54) is 0 Å². The van der Waals surface area contributed by atoms with Crippen molar-refractivity contribution in [2.45, 2.75) is 38.6 Å². The minimum Gasteiger partial charge on any atom is -0.480 e. The van der Waals surface area contributed by atoms with E-state index in [2.05, 4.69) is 17.9 Å². The highest BCUT2D eigenvalue weighted by Crippen LogP contribution is 2.06. The number of carbonyl (C=O) groups is 2. The number of nitrogens with one attached hydrogen (secondary N) is 1. The van der Waals surface area contributed by atoms with E-state index in [1.54, 1.807) is 6.92 Å². The zero-order chi connectivity index (χ0) is 13.3. The van der Waals surface area contributed by atoms with Crippen LogP contribution in [0.1, 0.15) is 32.6 Å². The minimum absolute atomic E-state index is 0.205. The average Bonchev–Trinajstić information content (AvgIpc) is 2.27. The highest BCUT2D eigenvalue weighted by Gasteiger charge is 2.21. The molecule has 0 aromatic carbocycles. The molecule has 2 atom stereocenters. The van der Waals surface area contributed by atoms with Crippen LogP contribution >= 0.6 is 12.6 Å². The van der Waals surface area contributed by atoms with Crippen LogP contribution in [0, 0.1) is 5.92 Å². The Morgan fingerprint density at radius 3 is 2.47 bits per heavy atom. The largest absolute Gasteiger partial charge is 0.480 e. The predicted octanol–water partition coefficient (Wildman–Crippen LogP) is 0.641. The van der Waals surface area contributed by atoms with E-state index < -0.39 is 12.0 Å². The van der Waals surface area contributed by atoms with E-state index >= 15 is 0 Å². The van der Waals surface area contributed by atoms with Crippen LogP contribution in [0.4, 0.5) is 0 Å². The molecule has 0 radical (unpaired) electrons. The number of thiol groups is 1. The molecule has 4 N–H and O–H groups in total.